The summed E-state index contributed by atoms with van der Waals surface area (Å²) in [6.07, 6.45) is 15.3. The fourth-order valence-electron chi connectivity index (χ4n) is 6.09. The van der Waals surface area contributed by atoms with Gasteiger partial charge in [-0.05, 0) is 97.6 Å². The molecule has 0 amide bonds. The summed E-state index contributed by atoms with van der Waals surface area (Å²) in [5.74, 6) is 4.37. The molecule has 0 N–H and O–H groups in total. The molecule has 1 saturated carbocycles. The van der Waals surface area contributed by atoms with Crippen molar-refractivity contribution in [3.63, 3.8) is 0 Å². The van der Waals surface area contributed by atoms with Crippen LogP contribution < -0.4 is 4.74 Å². The van der Waals surface area contributed by atoms with Crippen LogP contribution in [-0.4, -0.2) is 26.8 Å². The van der Waals surface area contributed by atoms with Crippen molar-refractivity contribution in [3.8, 4) is 5.75 Å². The zero-order valence-corrected chi connectivity index (χ0v) is 19.2. The number of hydrogen-bond acceptors (Lipinski definition) is 4. The molecule has 31 heavy (non-hydrogen) atoms. The van der Waals surface area contributed by atoms with Crippen LogP contribution in [0.3, 0.4) is 0 Å². The van der Waals surface area contributed by atoms with Crippen molar-refractivity contribution in [2.24, 2.45) is 17.8 Å². The molecule has 0 bridgehead atoms. The lowest BCUT2D eigenvalue weighted by Crippen LogP contribution is -2.36. The summed E-state index contributed by atoms with van der Waals surface area (Å²) in [6.45, 7) is 2.28. The summed E-state index contributed by atoms with van der Waals surface area (Å²) in [4.78, 5) is 11.9. The average molecular weight is 425 g/mol. The van der Waals surface area contributed by atoms with Crippen LogP contribution in [0.1, 0.15) is 68.1 Å². The third kappa shape index (κ3) is 4.68. The number of carbonyl (C=O) groups excluding carboxylic acids is 1. The van der Waals surface area contributed by atoms with Crippen LogP contribution in [0.25, 0.3) is 0 Å². The maximum Gasteiger partial charge on any atom is 0.306 e. The molecule has 0 heterocycles. The summed E-state index contributed by atoms with van der Waals surface area (Å²) in [6, 6.07) is 4.61. The highest BCUT2D eigenvalue weighted by molar-refractivity contribution is 5.70. The molecule has 0 radical (unpaired) electrons. The zero-order valence-electron chi connectivity index (χ0n) is 19.2. The molecule has 168 valence electrons. The van der Waals surface area contributed by atoms with Crippen LogP contribution >= 0.6 is 0 Å². The van der Waals surface area contributed by atoms with Gasteiger partial charge in [0.1, 0.15) is 11.5 Å². The molecule has 0 aromatic heterocycles. The largest absolute Gasteiger partial charge is 0.497 e. The maximum absolute atomic E-state index is 11.9. The molecule has 1 aromatic rings. The number of hydrogen-bond donors (Lipinski definition) is 0. The fraction of sp³-hybridized carbons (Fsp3) is 0.593. The summed E-state index contributed by atoms with van der Waals surface area (Å²) in [5.41, 5.74) is 4.08. The monoisotopic (exact) mass is 424 g/mol. The van der Waals surface area contributed by atoms with Crippen LogP contribution in [0.2, 0.25) is 0 Å². The van der Waals surface area contributed by atoms with Crippen molar-refractivity contribution in [3.05, 3.63) is 52.8 Å². The molecular weight excluding hydrogens is 388 g/mol. The number of esters is 1. The van der Waals surface area contributed by atoms with E-state index in [0.29, 0.717) is 37.2 Å². The molecule has 0 aliphatic heterocycles. The van der Waals surface area contributed by atoms with Gasteiger partial charge in [0.2, 0.25) is 0 Å². The van der Waals surface area contributed by atoms with E-state index in [4.69, 9.17) is 14.2 Å². The number of allylic oxidation sites excluding steroid dienone is 3. The Morgan fingerprint density at radius 2 is 1.94 bits per heavy atom. The first-order valence-electron chi connectivity index (χ1n) is 11.9. The van der Waals surface area contributed by atoms with E-state index in [2.05, 4.69) is 30.4 Å². The summed E-state index contributed by atoms with van der Waals surface area (Å²) < 4.78 is 16.3. The SMILES string of the molecule is CCOC(=O)CCc1cc2c(cc1OC)[C@@H]1CCCC[C@@H]1[C@H](C1C=CC(OC)=CC1)C2. The fourth-order valence-corrected chi connectivity index (χ4v) is 6.09. The predicted molar refractivity (Wildman–Crippen MR) is 122 cm³/mol. The van der Waals surface area contributed by atoms with Crippen molar-refractivity contribution < 1.29 is 19.0 Å². The molecule has 3 aliphatic carbocycles. The van der Waals surface area contributed by atoms with Gasteiger partial charge in [-0.25, -0.2) is 0 Å². The quantitative estimate of drug-likeness (QED) is 0.523. The molecule has 1 fully saturated rings. The van der Waals surface area contributed by atoms with Crippen molar-refractivity contribution in [2.75, 3.05) is 20.8 Å². The second kappa shape index (κ2) is 9.93. The molecule has 4 heteroatoms. The third-order valence-corrected chi connectivity index (χ3v) is 7.56. The van der Waals surface area contributed by atoms with Gasteiger partial charge in [-0.15, -0.1) is 0 Å². The van der Waals surface area contributed by atoms with Gasteiger partial charge in [0.25, 0.3) is 0 Å². The van der Waals surface area contributed by atoms with Gasteiger partial charge >= 0.3 is 5.97 Å². The van der Waals surface area contributed by atoms with Crippen molar-refractivity contribution in [1.29, 1.82) is 0 Å². The molecule has 1 unspecified atom stereocenters. The summed E-state index contributed by atoms with van der Waals surface area (Å²) in [5, 5.41) is 0. The van der Waals surface area contributed by atoms with Gasteiger partial charge in [0, 0.05) is 6.42 Å². The van der Waals surface area contributed by atoms with Gasteiger partial charge in [-0.3, -0.25) is 4.79 Å². The van der Waals surface area contributed by atoms with Crippen molar-refractivity contribution in [2.45, 2.75) is 64.2 Å². The number of benzene rings is 1. The number of aryl methyl sites for hydroxylation is 1. The maximum atomic E-state index is 11.9. The highest BCUT2D eigenvalue weighted by Gasteiger charge is 2.41. The van der Waals surface area contributed by atoms with E-state index in [0.717, 1.165) is 35.8 Å². The molecule has 4 nitrogen and oxygen atoms in total. The summed E-state index contributed by atoms with van der Waals surface area (Å²) in [7, 11) is 3.49. The van der Waals surface area contributed by atoms with Gasteiger partial charge < -0.3 is 14.2 Å². The van der Waals surface area contributed by atoms with E-state index in [1.54, 1.807) is 14.2 Å². The van der Waals surface area contributed by atoms with Crippen LogP contribution in [0.15, 0.2) is 36.1 Å². The van der Waals surface area contributed by atoms with Crippen molar-refractivity contribution in [1.82, 2.24) is 0 Å². The minimum atomic E-state index is -0.138. The highest BCUT2D eigenvalue weighted by atomic mass is 16.5. The number of methoxy groups -OCH3 is 2. The van der Waals surface area contributed by atoms with Crippen LogP contribution in [0, 0.1) is 17.8 Å². The smallest absolute Gasteiger partial charge is 0.306 e. The van der Waals surface area contributed by atoms with Gasteiger partial charge in [-0.1, -0.05) is 25.0 Å². The second-order valence-electron chi connectivity index (χ2n) is 9.16. The van der Waals surface area contributed by atoms with E-state index < -0.39 is 0 Å². The van der Waals surface area contributed by atoms with Gasteiger partial charge in [-0.2, -0.15) is 0 Å². The van der Waals surface area contributed by atoms with E-state index in [1.807, 2.05) is 6.92 Å². The van der Waals surface area contributed by atoms with Crippen LogP contribution in [0.5, 0.6) is 5.75 Å². The number of fused-ring (bicyclic) bond motifs is 3. The number of ether oxygens (including phenoxy) is 3. The number of rotatable bonds is 7. The first kappa shape index (κ1) is 22.0. The molecule has 4 atom stereocenters. The van der Waals surface area contributed by atoms with E-state index in [9.17, 15) is 4.79 Å². The normalized spacial score (nSPS) is 27.0. The lowest BCUT2D eigenvalue weighted by atomic mass is 9.59. The summed E-state index contributed by atoms with van der Waals surface area (Å²) >= 11 is 0. The van der Waals surface area contributed by atoms with Crippen LogP contribution in [-0.2, 0) is 27.1 Å². The van der Waals surface area contributed by atoms with Crippen LogP contribution in [0.4, 0.5) is 0 Å². The van der Waals surface area contributed by atoms with Gasteiger partial charge in [0.05, 0.1) is 20.8 Å². The Balaban J connectivity index is 1.61. The van der Waals surface area contributed by atoms with Crippen molar-refractivity contribution >= 4 is 5.97 Å². The Hall–Kier alpha value is -2.23. The molecule has 1 aromatic carbocycles. The number of carbonyl (C=O) groups is 1. The lowest BCUT2D eigenvalue weighted by Gasteiger charge is -2.45. The minimum Gasteiger partial charge on any atom is -0.497 e. The Morgan fingerprint density at radius 1 is 1.10 bits per heavy atom. The second-order valence-corrected chi connectivity index (χ2v) is 9.16. The highest BCUT2D eigenvalue weighted by Crippen LogP contribution is 2.52. The van der Waals surface area contributed by atoms with Gasteiger partial charge in [0.15, 0.2) is 0 Å². The molecule has 3 aliphatic rings. The third-order valence-electron chi connectivity index (χ3n) is 7.56. The Labute approximate surface area is 186 Å². The molecule has 0 spiro atoms. The molecular formula is C27H36O4. The average Bonchev–Trinajstić information content (AvgIpc) is 2.82. The van der Waals surface area contributed by atoms with E-state index in [1.165, 1.54) is 36.8 Å². The zero-order chi connectivity index (χ0) is 21.8. The minimum absolute atomic E-state index is 0.138. The van der Waals surface area contributed by atoms with E-state index >= 15 is 0 Å². The van der Waals surface area contributed by atoms with E-state index in [-0.39, 0.29) is 5.97 Å². The topological polar surface area (TPSA) is 44.8 Å². The Bertz CT molecular complexity index is 853. The molecule has 0 saturated heterocycles. The first-order chi connectivity index (χ1) is 15.1. The predicted octanol–water partition coefficient (Wildman–Crippen LogP) is 5.74. The standard InChI is InChI=1S/C27H36O4/c1-4-31-27(28)14-11-19-15-20-16-24(18-9-12-21(29-2)13-10-18)22-7-5-6-8-23(22)25(20)17-26(19)30-3/h9,12-13,15,17-18,22-24H,4-8,10-11,14,16H2,1-3H3/t18?,22-,23+,24-/m0/s1. The Kier molecular flexibility index (Phi) is 7.04. The Morgan fingerprint density at radius 3 is 2.65 bits per heavy atom. The molecule has 4 rings (SSSR count). The first-order valence-corrected chi connectivity index (χ1v) is 11.9. The lowest BCUT2D eigenvalue weighted by molar-refractivity contribution is -0.143.